The molecule has 0 heterocycles. The van der Waals surface area contributed by atoms with E-state index in [1.54, 1.807) is 24.3 Å². The molecule has 2 aromatic rings. The highest BCUT2D eigenvalue weighted by molar-refractivity contribution is 6.35. The maximum atomic E-state index is 12.2. The lowest BCUT2D eigenvalue weighted by atomic mass is 10.0. The molecule has 0 aliphatic heterocycles. The minimum Gasteiger partial charge on any atom is -0.289 e. The average Bonchev–Trinajstić information content (AvgIpc) is 2.39. The Morgan fingerprint density at radius 2 is 1.74 bits per heavy atom. The second-order valence-electron chi connectivity index (χ2n) is 3.70. The van der Waals surface area contributed by atoms with Gasteiger partial charge >= 0.3 is 0 Å². The van der Waals surface area contributed by atoms with E-state index in [2.05, 4.69) is 4.99 Å². The first-order chi connectivity index (χ1) is 9.11. The normalized spacial score (nSPS) is 9.79. The van der Waals surface area contributed by atoms with Crippen LogP contribution in [0.4, 0.5) is 5.69 Å². The van der Waals surface area contributed by atoms with Crippen LogP contribution in [0.5, 0.6) is 0 Å². The minimum absolute atomic E-state index is 0.219. The molecule has 0 amide bonds. The van der Waals surface area contributed by atoms with Crippen LogP contribution >= 0.6 is 23.2 Å². The van der Waals surface area contributed by atoms with Crippen molar-refractivity contribution in [2.45, 2.75) is 0 Å². The number of benzene rings is 2. The first-order valence-corrected chi connectivity index (χ1v) is 6.05. The molecule has 3 nitrogen and oxygen atoms in total. The highest BCUT2D eigenvalue weighted by Gasteiger charge is 2.13. The predicted octanol–water partition coefficient (Wildman–Crippen LogP) is 4.19. The van der Waals surface area contributed by atoms with Crippen LogP contribution in [0.1, 0.15) is 15.9 Å². The van der Waals surface area contributed by atoms with Crippen molar-refractivity contribution in [2.75, 3.05) is 0 Å². The molecule has 0 N–H and O–H groups in total. The second-order valence-corrected chi connectivity index (χ2v) is 4.55. The predicted molar refractivity (Wildman–Crippen MR) is 74.1 cm³/mol. The monoisotopic (exact) mass is 291 g/mol. The Hall–Kier alpha value is -1.93. The van der Waals surface area contributed by atoms with E-state index in [1.165, 1.54) is 24.3 Å². The van der Waals surface area contributed by atoms with Crippen molar-refractivity contribution >= 4 is 40.8 Å². The zero-order chi connectivity index (χ0) is 13.8. The fourth-order valence-electron chi connectivity index (χ4n) is 1.57. The van der Waals surface area contributed by atoms with Crippen LogP contribution in [0.25, 0.3) is 0 Å². The number of hydrogen-bond donors (Lipinski definition) is 0. The highest BCUT2D eigenvalue weighted by Crippen LogP contribution is 2.25. The summed E-state index contributed by atoms with van der Waals surface area (Å²) in [5, 5.41) is 0.787. The third-order valence-corrected chi connectivity index (χ3v) is 3.04. The van der Waals surface area contributed by atoms with Crippen molar-refractivity contribution in [3.8, 4) is 0 Å². The fraction of sp³-hybridized carbons (Fsp3) is 0. The van der Waals surface area contributed by atoms with E-state index in [1.807, 2.05) is 0 Å². The molecule has 0 spiro atoms. The van der Waals surface area contributed by atoms with E-state index in [4.69, 9.17) is 23.2 Å². The molecule has 0 aliphatic carbocycles. The number of aliphatic imine (C=N–C) groups is 1. The molecular weight excluding hydrogens is 285 g/mol. The lowest BCUT2D eigenvalue weighted by Gasteiger charge is -2.04. The van der Waals surface area contributed by atoms with Gasteiger partial charge in [-0.3, -0.25) is 4.79 Å². The van der Waals surface area contributed by atoms with Gasteiger partial charge in [-0.25, -0.2) is 4.79 Å². The SMILES string of the molecule is O=C=Nc1ccc(C(=O)c2ccc(Cl)cc2)c(Cl)c1. The zero-order valence-electron chi connectivity index (χ0n) is 9.56. The van der Waals surface area contributed by atoms with E-state index in [0.29, 0.717) is 21.8 Å². The van der Waals surface area contributed by atoms with Gasteiger partial charge in [-0.05, 0) is 42.5 Å². The number of rotatable bonds is 3. The third kappa shape index (κ3) is 3.09. The van der Waals surface area contributed by atoms with Gasteiger partial charge < -0.3 is 0 Å². The van der Waals surface area contributed by atoms with Crippen molar-refractivity contribution in [3.63, 3.8) is 0 Å². The van der Waals surface area contributed by atoms with Gasteiger partial charge in [0.2, 0.25) is 6.08 Å². The third-order valence-electron chi connectivity index (χ3n) is 2.48. The molecule has 0 atom stereocenters. The van der Waals surface area contributed by atoms with Gasteiger partial charge in [0.05, 0.1) is 10.7 Å². The van der Waals surface area contributed by atoms with Crippen molar-refractivity contribution < 1.29 is 9.59 Å². The molecule has 0 fully saturated rings. The molecule has 0 aliphatic rings. The summed E-state index contributed by atoms with van der Waals surface area (Å²) >= 11 is 11.8. The molecule has 19 heavy (non-hydrogen) atoms. The lowest BCUT2D eigenvalue weighted by Crippen LogP contribution is -2.01. The average molecular weight is 292 g/mol. The van der Waals surface area contributed by atoms with E-state index >= 15 is 0 Å². The van der Waals surface area contributed by atoms with Crippen LogP contribution in [-0.4, -0.2) is 11.9 Å². The lowest BCUT2D eigenvalue weighted by molar-refractivity contribution is 0.103. The first-order valence-electron chi connectivity index (χ1n) is 5.29. The molecule has 0 saturated heterocycles. The number of halogens is 2. The Morgan fingerprint density at radius 1 is 1.05 bits per heavy atom. The summed E-state index contributed by atoms with van der Waals surface area (Å²) in [5.74, 6) is -0.219. The molecular formula is C14H7Cl2NO2. The fourth-order valence-corrected chi connectivity index (χ4v) is 1.95. The summed E-state index contributed by atoms with van der Waals surface area (Å²) in [6.07, 6.45) is 1.41. The molecule has 5 heteroatoms. The van der Waals surface area contributed by atoms with Crippen LogP contribution in [0, 0.1) is 0 Å². The maximum Gasteiger partial charge on any atom is 0.240 e. The largest absolute Gasteiger partial charge is 0.289 e. The minimum atomic E-state index is -0.219. The van der Waals surface area contributed by atoms with Gasteiger partial charge in [-0.1, -0.05) is 23.2 Å². The van der Waals surface area contributed by atoms with Crippen LogP contribution < -0.4 is 0 Å². The van der Waals surface area contributed by atoms with E-state index in [-0.39, 0.29) is 10.8 Å². The standard InChI is InChI=1S/C14H7Cl2NO2/c15-10-3-1-9(2-4-10)14(19)12-6-5-11(17-8-18)7-13(12)16/h1-7H. The van der Waals surface area contributed by atoms with Gasteiger partial charge in [-0.2, -0.15) is 4.99 Å². The molecule has 2 aromatic carbocycles. The molecule has 0 unspecified atom stereocenters. The highest BCUT2D eigenvalue weighted by atomic mass is 35.5. The Balaban J connectivity index is 2.39. The number of isocyanates is 1. The first kappa shape index (κ1) is 13.5. The number of hydrogen-bond acceptors (Lipinski definition) is 3. The van der Waals surface area contributed by atoms with Crippen LogP contribution in [-0.2, 0) is 4.79 Å². The quantitative estimate of drug-likeness (QED) is 0.483. The van der Waals surface area contributed by atoms with Gasteiger partial charge in [-0.15, -0.1) is 0 Å². The number of carbonyl (C=O) groups is 1. The van der Waals surface area contributed by atoms with Crippen molar-refractivity contribution in [1.82, 2.24) is 0 Å². The molecule has 0 radical (unpaired) electrons. The number of carbonyl (C=O) groups excluding carboxylic acids is 2. The van der Waals surface area contributed by atoms with Gasteiger partial charge in [0.25, 0.3) is 0 Å². The van der Waals surface area contributed by atoms with Crippen molar-refractivity contribution in [1.29, 1.82) is 0 Å². The van der Waals surface area contributed by atoms with Gasteiger partial charge in [0, 0.05) is 16.1 Å². The van der Waals surface area contributed by atoms with Crippen molar-refractivity contribution in [3.05, 3.63) is 63.6 Å². The summed E-state index contributed by atoms with van der Waals surface area (Å²) in [4.78, 5) is 25.8. The number of ketones is 1. The van der Waals surface area contributed by atoms with Crippen LogP contribution in [0.2, 0.25) is 10.0 Å². The van der Waals surface area contributed by atoms with Crippen LogP contribution in [0.15, 0.2) is 47.5 Å². The van der Waals surface area contributed by atoms with E-state index < -0.39 is 0 Å². The summed E-state index contributed by atoms with van der Waals surface area (Å²) in [7, 11) is 0. The smallest absolute Gasteiger partial charge is 0.240 e. The molecule has 0 saturated carbocycles. The molecule has 94 valence electrons. The topological polar surface area (TPSA) is 46.5 Å². The Kier molecular flexibility index (Phi) is 4.13. The summed E-state index contributed by atoms with van der Waals surface area (Å²) in [6.45, 7) is 0. The van der Waals surface area contributed by atoms with Gasteiger partial charge in [0.1, 0.15) is 0 Å². The Bertz CT molecular complexity index is 674. The second kappa shape index (κ2) is 5.81. The Morgan fingerprint density at radius 3 is 2.32 bits per heavy atom. The summed E-state index contributed by atoms with van der Waals surface area (Å²) in [5.41, 5.74) is 1.18. The summed E-state index contributed by atoms with van der Waals surface area (Å²) in [6, 6.07) is 11.0. The van der Waals surface area contributed by atoms with E-state index in [9.17, 15) is 9.59 Å². The molecule has 0 bridgehead atoms. The van der Waals surface area contributed by atoms with Gasteiger partial charge in [0.15, 0.2) is 5.78 Å². The molecule has 0 aromatic heterocycles. The van der Waals surface area contributed by atoms with E-state index in [0.717, 1.165) is 0 Å². The maximum absolute atomic E-state index is 12.2. The summed E-state index contributed by atoms with van der Waals surface area (Å²) < 4.78 is 0. The van der Waals surface area contributed by atoms with Crippen LogP contribution in [0.3, 0.4) is 0 Å². The zero-order valence-corrected chi connectivity index (χ0v) is 11.1. The number of nitrogens with zero attached hydrogens (tertiary/aromatic N) is 1. The Labute approximate surface area is 119 Å². The molecule has 2 rings (SSSR count). The van der Waals surface area contributed by atoms with Crippen molar-refractivity contribution in [2.24, 2.45) is 4.99 Å².